The van der Waals surface area contributed by atoms with Crippen LogP contribution in [0.3, 0.4) is 0 Å². The van der Waals surface area contributed by atoms with Crippen LogP contribution in [0.1, 0.15) is 4.11 Å². The number of furan rings is 1. The molecule has 9 aromatic carbocycles. The second-order valence-electron chi connectivity index (χ2n) is 12.5. The third-order valence-electron chi connectivity index (χ3n) is 9.69. The van der Waals surface area contributed by atoms with Gasteiger partial charge in [-0.15, -0.1) is 0 Å². The summed E-state index contributed by atoms with van der Waals surface area (Å²) in [6, 6.07) is 55.7. The quantitative estimate of drug-likeness (QED) is 0.177. The Hall–Kier alpha value is -6.44. The van der Waals surface area contributed by atoms with Gasteiger partial charge in [0.1, 0.15) is 11.2 Å². The Morgan fingerprint density at radius 3 is 1.43 bits per heavy atom. The van der Waals surface area contributed by atoms with Crippen LogP contribution in [0, 0.1) is 0 Å². The van der Waals surface area contributed by atoms with Crippen molar-refractivity contribution in [1.29, 1.82) is 0 Å². The van der Waals surface area contributed by atoms with Crippen LogP contribution in [0.2, 0.25) is 0 Å². The highest BCUT2D eigenvalue weighted by Gasteiger charge is 2.21. The van der Waals surface area contributed by atoms with E-state index in [1.54, 1.807) is 0 Å². The summed E-state index contributed by atoms with van der Waals surface area (Å²) in [6.45, 7) is 0. The maximum absolute atomic E-state index is 9.82. The van der Waals surface area contributed by atoms with E-state index in [9.17, 15) is 4.11 Å². The molecule has 0 amide bonds. The van der Waals surface area contributed by atoms with Gasteiger partial charge in [0.2, 0.25) is 0 Å². The monoisotopic (exact) mass is 625 g/mol. The van der Waals surface area contributed by atoms with Gasteiger partial charge in [0, 0.05) is 10.8 Å². The molecule has 0 saturated carbocycles. The molecule has 0 fully saturated rings. The lowest BCUT2D eigenvalue weighted by atomic mass is 9.83. The molecule has 228 valence electrons. The molecule has 10 rings (SSSR count). The van der Waals surface area contributed by atoms with Gasteiger partial charge >= 0.3 is 0 Å². The number of rotatable bonds is 4. The predicted octanol–water partition coefficient (Wildman–Crippen LogP) is 13.7. The van der Waals surface area contributed by atoms with Crippen molar-refractivity contribution in [3.05, 3.63) is 182 Å². The Morgan fingerprint density at radius 1 is 0.347 bits per heavy atom. The Kier molecular flexibility index (Phi) is 5.58. The van der Waals surface area contributed by atoms with Gasteiger partial charge in [0.05, 0.1) is 4.11 Å². The number of fused-ring (bicyclic) bond motifs is 6. The molecule has 1 heterocycles. The number of hydrogen-bond donors (Lipinski definition) is 0. The first kappa shape index (κ1) is 24.7. The summed E-state index contributed by atoms with van der Waals surface area (Å²) in [7, 11) is 0. The minimum absolute atomic E-state index is 0.179. The summed E-state index contributed by atoms with van der Waals surface area (Å²) in [5.41, 5.74) is 7.78. The van der Waals surface area contributed by atoms with Gasteiger partial charge in [0.15, 0.2) is 0 Å². The van der Waals surface area contributed by atoms with Crippen molar-refractivity contribution >= 4 is 54.3 Å². The minimum atomic E-state index is 0.179. The van der Waals surface area contributed by atoms with Crippen LogP contribution in [0.5, 0.6) is 0 Å². The zero-order chi connectivity index (χ0) is 34.9. The van der Waals surface area contributed by atoms with Crippen molar-refractivity contribution in [1.82, 2.24) is 0 Å². The summed E-state index contributed by atoms with van der Waals surface area (Å²) >= 11 is 0. The van der Waals surface area contributed by atoms with Crippen molar-refractivity contribution in [3.8, 4) is 44.5 Å². The highest BCUT2D eigenvalue weighted by molar-refractivity contribution is 6.26. The zero-order valence-corrected chi connectivity index (χ0v) is 26.5. The summed E-state index contributed by atoms with van der Waals surface area (Å²) in [6.07, 6.45) is 0. The molecule has 0 saturated heterocycles. The van der Waals surface area contributed by atoms with E-state index in [2.05, 4.69) is 84.9 Å². The summed E-state index contributed by atoms with van der Waals surface area (Å²) < 4.78 is 35.6. The first-order valence-electron chi connectivity index (χ1n) is 18.1. The minimum Gasteiger partial charge on any atom is -0.456 e. The first-order chi connectivity index (χ1) is 25.6. The Labute approximate surface area is 288 Å². The second kappa shape index (κ2) is 11.1. The molecule has 1 heteroatoms. The molecular weight excluding hydrogens is 593 g/mol. The lowest BCUT2D eigenvalue weighted by Gasteiger charge is -2.19. The van der Waals surface area contributed by atoms with Crippen molar-refractivity contribution in [3.63, 3.8) is 0 Å². The molecule has 10 aromatic rings. The molecule has 0 spiro atoms. The maximum Gasteiger partial charge on any atom is 0.136 e. The van der Waals surface area contributed by atoms with Gasteiger partial charge in [-0.2, -0.15) is 0 Å². The smallest absolute Gasteiger partial charge is 0.136 e. The molecule has 1 nitrogen and oxygen atoms in total. The highest BCUT2D eigenvalue weighted by Crippen LogP contribution is 2.48. The lowest BCUT2D eigenvalue weighted by Crippen LogP contribution is -1.92. The molecule has 0 aliphatic heterocycles. The Bertz CT molecular complexity index is 2910. The van der Waals surface area contributed by atoms with Crippen molar-refractivity contribution in [2.24, 2.45) is 0 Å². The zero-order valence-electron chi connectivity index (χ0n) is 29.5. The van der Waals surface area contributed by atoms with E-state index in [1.165, 1.54) is 0 Å². The number of benzene rings is 9. The topological polar surface area (TPSA) is 13.1 Å². The third-order valence-corrected chi connectivity index (χ3v) is 9.69. The van der Waals surface area contributed by atoms with Crippen molar-refractivity contribution in [2.45, 2.75) is 0 Å². The molecule has 0 aliphatic carbocycles. The predicted molar refractivity (Wildman–Crippen MR) is 208 cm³/mol. The largest absolute Gasteiger partial charge is 0.456 e. The number of hydrogen-bond acceptors (Lipinski definition) is 1. The van der Waals surface area contributed by atoms with Crippen LogP contribution in [0.15, 0.2) is 186 Å². The maximum atomic E-state index is 9.82. The van der Waals surface area contributed by atoms with E-state index in [0.717, 1.165) is 82.1 Å². The van der Waals surface area contributed by atoms with Gasteiger partial charge in [-0.05, 0) is 113 Å². The second-order valence-corrected chi connectivity index (χ2v) is 12.5. The first-order valence-corrected chi connectivity index (χ1v) is 16.6. The Morgan fingerprint density at radius 2 is 0.837 bits per heavy atom. The SMILES string of the molecule is [2H]c1c(-c2ccccc2)c([2H])c(-c2c3ccccc3c(-c3cccc4oc5cc6ccccc6cc5c34)c3ccccc23)c([2H])c1-c1ccccc1. The summed E-state index contributed by atoms with van der Waals surface area (Å²) in [4.78, 5) is 0. The van der Waals surface area contributed by atoms with E-state index in [0.29, 0.717) is 16.7 Å². The van der Waals surface area contributed by atoms with E-state index in [-0.39, 0.29) is 18.1 Å². The molecule has 0 N–H and O–H groups in total. The highest BCUT2D eigenvalue weighted by atomic mass is 16.3. The van der Waals surface area contributed by atoms with Crippen molar-refractivity contribution < 1.29 is 8.53 Å². The van der Waals surface area contributed by atoms with Crippen LogP contribution < -0.4 is 0 Å². The van der Waals surface area contributed by atoms with Gasteiger partial charge in [-0.1, -0.05) is 146 Å². The van der Waals surface area contributed by atoms with Crippen LogP contribution in [0.25, 0.3) is 98.8 Å². The molecule has 0 aliphatic rings. The van der Waals surface area contributed by atoms with Gasteiger partial charge < -0.3 is 4.42 Å². The van der Waals surface area contributed by atoms with E-state index >= 15 is 0 Å². The van der Waals surface area contributed by atoms with Gasteiger partial charge in [-0.3, -0.25) is 0 Å². The van der Waals surface area contributed by atoms with Crippen LogP contribution >= 0.6 is 0 Å². The van der Waals surface area contributed by atoms with Crippen LogP contribution in [-0.2, 0) is 0 Å². The molecule has 0 unspecified atom stereocenters. The van der Waals surface area contributed by atoms with Crippen LogP contribution in [0.4, 0.5) is 0 Å². The average Bonchev–Trinajstić information content (AvgIpc) is 3.55. The summed E-state index contributed by atoms with van der Waals surface area (Å²) in [5.74, 6) is 0. The fraction of sp³-hybridized carbons (Fsp3) is 0. The Balaban J connectivity index is 1.36. The lowest BCUT2D eigenvalue weighted by molar-refractivity contribution is 0.669. The fourth-order valence-corrected chi connectivity index (χ4v) is 7.50. The van der Waals surface area contributed by atoms with E-state index in [4.69, 9.17) is 4.42 Å². The van der Waals surface area contributed by atoms with Crippen molar-refractivity contribution in [2.75, 3.05) is 0 Å². The van der Waals surface area contributed by atoms with Gasteiger partial charge in [0.25, 0.3) is 0 Å². The fourth-order valence-electron chi connectivity index (χ4n) is 7.50. The normalized spacial score (nSPS) is 12.5. The molecule has 0 atom stereocenters. The van der Waals surface area contributed by atoms with E-state index in [1.807, 2.05) is 78.9 Å². The van der Waals surface area contributed by atoms with E-state index < -0.39 is 0 Å². The molecule has 0 radical (unpaired) electrons. The molecule has 1 aromatic heterocycles. The molecular formula is C48H30O. The third kappa shape index (κ3) is 4.47. The standard InChI is InChI=1S/C48H30O/c1-3-14-31(15-4-1)35-26-36(32-16-5-2-6-17-32)28-37(27-35)46-38-20-9-11-22-40(38)47(41-23-12-10-21-39(41)46)42-24-13-25-44-48(42)43-29-33-18-7-8-19-34(33)30-45(43)49-44/h1-30H/i26D,27D,28D. The van der Waals surface area contributed by atoms with Crippen LogP contribution in [-0.4, -0.2) is 0 Å². The summed E-state index contributed by atoms with van der Waals surface area (Å²) in [5, 5.41) is 8.36. The molecule has 0 bridgehead atoms. The average molecular weight is 626 g/mol. The molecule has 49 heavy (non-hydrogen) atoms. The van der Waals surface area contributed by atoms with Gasteiger partial charge in [-0.25, -0.2) is 0 Å².